The molecule has 0 aliphatic heterocycles. The van der Waals surface area contributed by atoms with Crippen molar-refractivity contribution >= 4 is 12.0 Å². The maximum Gasteiger partial charge on any atom is 0.323 e. The monoisotopic (exact) mass is 277 g/mol. The SMILES string of the molecule is C#CCN(CC(=O)O)C(=O)NCc1ccnc(OC)c1. The third kappa shape index (κ3) is 4.86. The number of aliphatic carboxylic acids is 1. The summed E-state index contributed by atoms with van der Waals surface area (Å²) in [4.78, 5) is 27.4. The maximum absolute atomic E-state index is 11.8. The van der Waals surface area contributed by atoms with E-state index < -0.39 is 18.5 Å². The Labute approximate surface area is 116 Å². The minimum absolute atomic E-state index is 0.0716. The second-order valence-corrected chi connectivity index (χ2v) is 3.82. The van der Waals surface area contributed by atoms with Gasteiger partial charge in [-0.25, -0.2) is 9.78 Å². The van der Waals surface area contributed by atoms with Crippen LogP contribution in [0.4, 0.5) is 4.79 Å². The number of hydrogen-bond acceptors (Lipinski definition) is 4. The fourth-order valence-electron chi connectivity index (χ4n) is 1.43. The van der Waals surface area contributed by atoms with Crippen LogP contribution in [0.1, 0.15) is 5.56 Å². The highest BCUT2D eigenvalue weighted by Crippen LogP contribution is 2.08. The highest BCUT2D eigenvalue weighted by molar-refractivity contribution is 5.80. The third-order valence-corrected chi connectivity index (χ3v) is 2.35. The van der Waals surface area contributed by atoms with Gasteiger partial charge in [-0.3, -0.25) is 4.79 Å². The van der Waals surface area contributed by atoms with Crippen LogP contribution in [-0.2, 0) is 11.3 Å². The Hall–Kier alpha value is -2.75. The van der Waals surface area contributed by atoms with Crippen LogP contribution in [0, 0.1) is 12.3 Å². The number of urea groups is 1. The van der Waals surface area contributed by atoms with E-state index in [1.54, 1.807) is 18.3 Å². The second-order valence-electron chi connectivity index (χ2n) is 3.82. The van der Waals surface area contributed by atoms with Gasteiger partial charge >= 0.3 is 12.0 Å². The maximum atomic E-state index is 11.8. The van der Waals surface area contributed by atoms with Crippen LogP contribution >= 0.6 is 0 Å². The number of carbonyl (C=O) groups is 2. The molecule has 2 N–H and O–H groups in total. The lowest BCUT2D eigenvalue weighted by Crippen LogP contribution is -2.42. The Morgan fingerprint density at radius 3 is 2.95 bits per heavy atom. The highest BCUT2D eigenvalue weighted by Gasteiger charge is 2.15. The van der Waals surface area contributed by atoms with E-state index in [9.17, 15) is 9.59 Å². The molecule has 2 amide bonds. The molecular formula is C13H15N3O4. The Morgan fingerprint density at radius 2 is 2.35 bits per heavy atom. The first kappa shape index (κ1) is 15.3. The molecule has 0 radical (unpaired) electrons. The van der Waals surface area contributed by atoms with Crippen LogP contribution in [0.2, 0.25) is 0 Å². The molecule has 1 heterocycles. The molecule has 0 aliphatic rings. The molecule has 1 rings (SSSR count). The van der Waals surface area contributed by atoms with Gasteiger partial charge in [0.05, 0.1) is 13.7 Å². The number of carboxylic acid groups (broad SMARTS) is 1. The quantitative estimate of drug-likeness (QED) is 0.731. The Balaban J connectivity index is 2.59. The largest absolute Gasteiger partial charge is 0.481 e. The Morgan fingerprint density at radius 1 is 1.60 bits per heavy atom. The van der Waals surface area contributed by atoms with Crippen LogP contribution in [-0.4, -0.2) is 47.2 Å². The molecule has 7 heteroatoms. The number of methoxy groups -OCH3 is 1. The lowest BCUT2D eigenvalue weighted by atomic mass is 10.2. The van der Waals surface area contributed by atoms with Crippen LogP contribution in [0.15, 0.2) is 18.3 Å². The fourth-order valence-corrected chi connectivity index (χ4v) is 1.43. The zero-order valence-corrected chi connectivity index (χ0v) is 11.0. The number of pyridine rings is 1. The predicted octanol–water partition coefficient (Wildman–Crippen LogP) is 0.320. The van der Waals surface area contributed by atoms with E-state index in [0.29, 0.717) is 5.88 Å². The van der Waals surface area contributed by atoms with Gasteiger partial charge < -0.3 is 20.1 Å². The van der Waals surface area contributed by atoms with Crippen molar-refractivity contribution in [1.82, 2.24) is 15.2 Å². The fraction of sp³-hybridized carbons (Fsp3) is 0.308. The van der Waals surface area contributed by atoms with Gasteiger partial charge in [0.1, 0.15) is 6.54 Å². The average Bonchev–Trinajstić information content (AvgIpc) is 2.44. The molecule has 0 bridgehead atoms. The Bertz CT molecular complexity index is 525. The summed E-state index contributed by atoms with van der Waals surface area (Å²) in [6.07, 6.45) is 6.65. The van der Waals surface area contributed by atoms with Gasteiger partial charge in [0, 0.05) is 18.8 Å². The van der Waals surface area contributed by atoms with Gasteiger partial charge in [-0.2, -0.15) is 0 Å². The van der Waals surface area contributed by atoms with Crippen molar-refractivity contribution in [1.29, 1.82) is 0 Å². The predicted molar refractivity (Wildman–Crippen MR) is 71.1 cm³/mol. The van der Waals surface area contributed by atoms with Gasteiger partial charge in [0.25, 0.3) is 0 Å². The lowest BCUT2D eigenvalue weighted by Gasteiger charge is -2.18. The average molecular weight is 277 g/mol. The molecule has 0 atom stereocenters. The molecule has 0 fully saturated rings. The van der Waals surface area contributed by atoms with E-state index in [2.05, 4.69) is 16.2 Å². The molecule has 0 aliphatic carbocycles. The third-order valence-electron chi connectivity index (χ3n) is 2.35. The van der Waals surface area contributed by atoms with E-state index >= 15 is 0 Å². The van der Waals surface area contributed by atoms with Crippen molar-refractivity contribution in [2.75, 3.05) is 20.2 Å². The van der Waals surface area contributed by atoms with E-state index in [0.717, 1.165) is 10.5 Å². The normalized spacial score (nSPS) is 9.40. The van der Waals surface area contributed by atoms with Crippen LogP contribution in [0.5, 0.6) is 5.88 Å². The van der Waals surface area contributed by atoms with Gasteiger partial charge in [-0.05, 0) is 11.6 Å². The summed E-state index contributed by atoms with van der Waals surface area (Å²) < 4.78 is 4.96. The van der Waals surface area contributed by atoms with E-state index in [1.165, 1.54) is 7.11 Å². The molecule has 1 aromatic rings. The number of hydrogen-bond donors (Lipinski definition) is 2. The van der Waals surface area contributed by atoms with Crippen molar-refractivity contribution in [2.24, 2.45) is 0 Å². The van der Waals surface area contributed by atoms with E-state index in [4.69, 9.17) is 16.3 Å². The van der Waals surface area contributed by atoms with Crippen molar-refractivity contribution in [2.45, 2.75) is 6.54 Å². The van der Waals surface area contributed by atoms with Crippen molar-refractivity contribution in [3.63, 3.8) is 0 Å². The Kier molecular flexibility index (Phi) is 5.84. The first-order valence-electron chi connectivity index (χ1n) is 5.73. The lowest BCUT2D eigenvalue weighted by molar-refractivity contribution is -0.137. The number of carboxylic acids is 1. The summed E-state index contributed by atoms with van der Waals surface area (Å²) in [5.74, 6) is 1.55. The number of aromatic nitrogens is 1. The summed E-state index contributed by atoms with van der Waals surface area (Å²) in [5.41, 5.74) is 0.779. The van der Waals surface area contributed by atoms with Crippen LogP contribution in [0.25, 0.3) is 0 Å². The van der Waals surface area contributed by atoms with Crippen molar-refractivity contribution in [3.8, 4) is 18.2 Å². The first-order valence-corrected chi connectivity index (χ1v) is 5.73. The summed E-state index contributed by atoms with van der Waals surface area (Å²) in [5, 5.41) is 11.3. The number of nitrogens with zero attached hydrogens (tertiary/aromatic N) is 2. The number of carbonyl (C=O) groups excluding carboxylic acids is 1. The van der Waals surface area contributed by atoms with Gasteiger partial charge in [0.2, 0.25) is 5.88 Å². The van der Waals surface area contributed by atoms with Crippen molar-refractivity contribution < 1.29 is 19.4 Å². The topological polar surface area (TPSA) is 91.8 Å². The molecule has 7 nitrogen and oxygen atoms in total. The minimum atomic E-state index is -1.12. The minimum Gasteiger partial charge on any atom is -0.481 e. The summed E-state index contributed by atoms with van der Waals surface area (Å²) in [6, 6.07) is 2.84. The van der Waals surface area contributed by atoms with Gasteiger partial charge in [-0.1, -0.05) is 5.92 Å². The molecule has 0 saturated heterocycles. The summed E-state index contributed by atoms with van der Waals surface area (Å²) in [6.45, 7) is -0.300. The number of ether oxygens (including phenoxy) is 1. The van der Waals surface area contributed by atoms with Crippen LogP contribution in [0.3, 0.4) is 0 Å². The molecule has 0 spiro atoms. The number of nitrogens with one attached hydrogen (secondary N) is 1. The zero-order chi connectivity index (χ0) is 15.0. The second kappa shape index (κ2) is 7.63. The van der Waals surface area contributed by atoms with E-state index in [-0.39, 0.29) is 13.1 Å². The molecule has 0 saturated carbocycles. The first-order chi connectivity index (χ1) is 9.56. The number of amides is 2. The summed E-state index contributed by atoms with van der Waals surface area (Å²) in [7, 11) is 1.49. The molecule has 1 aromatic heterocycles. The van der Waals surface area contributed by atoms with Crippen molar-refractivity contribution in [3.05, 3.63) is 23.9 Å². The van der Waals surface area contributed by atoms with Gasteiger partial charge in [-0.15, -0.1) is 6.42 Å². The molecule has 20 heavy (non-hydrogen) atoms. The van der Waals surface area contributed by atoms with Crippen LogP contribution < -0.4 is 10.1 Å². The number of rotatable bonds is 6. The molecule has 106 valence electrons. The molecular weight excluding hydrogens is 262 g/mol. The zero-order valence-electron chi connectivity index (χ0n) is 11.0. The van der Waals surface area contributed by atoms with E-state index in [1.807, 2.05) is 0 Å². The standard InChI is InChI=1S/C13H15N3O4/c1-3-6-16(9-12(17)18)13(19)15-8-10-4-5-14-11(7-10)20-2/h1,4-5,7H,6,8-9H2,2H3,(H,15,19)(H,17,18). The number of terminal acetylenes is 1. The molecule has 0 unspecified atom stereocenters. The highest BCUT2D eigenvalue weighted by atomic mass is 16.5. The smallest absolute Gasteiger partial charge is 0.323 e. The summed E-state index contributed by atoms with van der Waals surface area (Å²) >= 11 is 0. The molecule has 0 aromatic carbocycles. The van der Waals surface area contributed by atoms with Gasteiger partial charge in [0.15, 0.2) is 0 Å².